The average molecular weight is 396 g/mol. The van der Waals surface area contributed by atoms with Crippen LogP contribution in [0.4, 0.5) is 5.69 Å². The van der Waals surface area contributed by atoms with E-state index in [1.165, 1.54) is 0 Å². The number of morpholine rings is 1. The van der Waals surface area contributed by atoms with E-state index in [1.54, 1.807) is 12.1 Å². The van der Waals surface area contributed by atoms with Gasteiger partial charge in [0.05, 0.1) is 19.3 Å². The molecule has 2 heterocycles. The molecule has 0 aromatic heterocycles. The van der Waals surface area contributed by atoms with Gasteiger partial charge in [0.2, 0.25) is 0 Å². The zero-order valence-corrected chi connectivity index (χ0v) is 16.6. The number of carbonyl (C=O) groups excluding carboxylic acids is 1. The zero-order chi connectivity index (χ0) is 19.9. The van der Waals surface area contributed by atoms with Crippen LogP contribution in [-0.2, 0) is 16.0 Å². The Bertz CT molecular complexity index is 797. The molecule has 2 fully saturated rings. The molecule has 0 radical (unpaired) electrons. The van der Waals surface area contributed by atoms with Crippen molar-refractivity contribution in [2.45, 2.75) is 25.5 Å². The second-order valence-corrected chi connectivity index (χ2v) is 7.47. The molecule has 2 aromatic carbocycles. The summed E-state index contributed by atoms with van der Waals surface area (Å²) in [6.07, 6.45) is 2.32. The van der Waals surface area contributed by atoms with Gasteiger partial charge in [-0.15, -0.1) is 0 Å². The molecule has 29 heavy (non-hydrogen) atoms. The Kier molecular flexibility index (Phi) is 6.77. The smallest absolute Gasteiger partial charge is 0.255 e. The lowest BCUT2D eigenvalue weighted by molar-refractivity contribution is 0.0342. The van der Waals surface area contributed by atoms with Crippen molar-refractivity contribution in [1.29, 1.82) is 0 Å². The van der Waals surface area contributed by atoms with Crippen LogP contribution < -0.4 is 10.1 Å². The van der Waals surface area contributed by atoms with Crippen molar-refractivity contribution in [2.75, 3.05) is 44.8 Å². The Morgan fingerprint density at radius 2 is 1.86 bits per heavy atom. The fraction of sp³-hybridized carbons (Fsp3) is 0.435. The molecule has 6 heteroatoms. The number of hydrogen-bond donors (Lipinski definition) is 1. The van der Waals surface area contributed by atoms with Crippen LogP contribution in [0.1, 0.15) is 28.8 Å². The zero-order valence-electron chi connectivity index (χ0n) is 16.6. The fourth-order valence-corrected chi connectivity index (χ4v) is 3.64. The molecule has 0 saturated carbocycles. The molecule has 0 unspecified atom stereocenters. The first-order valence-electron chi connectivity index (χ1n) is 10.3. The van der Waals surface area contributed by atoms with Gasteiger partial charge < -0.3 is 19.5 Å². The summed E-state index contributed by atoms with van der Waals surface area (Å²) < 4.78 is 16.8. The number of nitrogens with zero attached hydrogens (tertiary/aromatic N) is 1. The Morgan fingerprint density at radius 1 is 1.07 bits per heavy atom. The van der Waals surface area contributed by atoms with Crippen molar-refractivity contribution < 1.29 is 19.0 Å². The minimum absolute atomic E-state index is 0.120. The molecule has 1 atom stereocenters. The molecule has 2 aromatic rings. The number of anilines is 1. The lowest BCUT2D eigenvalue weighted by Gasteiger charge is -2.27. The molecule has 2 aliphatic heterocycles. The van der Waals surface area contributed by atoms with Crippen molar-refractivity contribution in [2.24, 2.45) is 0 Å². The Balaban J connectivity index is 1.35. The SMILES string of the molecule is O=C(Nc1ccccc1CN1CCOCC1)c1ccc(OC[C@@H]2CCCO2)cc1. The van der Waals surface area contributed by atoms with Gasteiger partial charge in [0.25, 0.3) is 5.91 Å². The Labute approximate surface area is 171 Å². The fourth-order valence-electron chi connectivity index (χ4n) is 3.64. The summed E-state index contributed by atoms with van der Waals surface area (Å²) in [4.78, 5) is 15.1. The van der Waals surface area contributed by atoms with E-state index in [0.717, 1.165) is 69.3 Å². The van der Waals surface area contributed by atoms with E-state index in [2.05, 4.69) is 16.3 Å². The number of amides is 1. The molecule has 154 valence electrons. The number of carbonyl (C=O) groups is 1. The lowest BCUT2D eigenvalue weighted by Crippen LogP contribution is -2.35. The molecule has 0 bridgehead atoms. The highest BCUT2D eigenvalue weighted by Crippen LogP contribution is 2.20. The van der Waals surface area contributed by atoms with E-state index in [0.29, 0.717) is 12.2 Å². The quantitative estimate of drug-likeness (QED) is 0.778. The van der Waals surface area contributed by atoms with E-state index in [9.17, 15) is 4.79 Å². The van der Waals surface area contributed by atoms with Gasteiger partial charge in [-0.1, -0.05) is 18.2 Å². The van der Waals surface area contributed by atoms with Crippen LogP contribution in [0.5, 0.6) is 5.75 Å². The number of hydrogen-bond acceptors (Lipinski definition) is 5. The third-order valence-corrected chi connectivity index (χ3v) is 5.34. The monoisotopic (exact) mass is 396 g/mol. The van der Waals surface area contributed by atoms with E-state index in [-0.39, 0.29) is 12.0 Å². The molecule has 1 amide bonds. The minimum Gasteiger partial charge on any atom is -0.491 e. The highest BCUT2D eigenvalue weighted by molar-refractivity contribution is 6.04. The molecule has 4 rings (SSSR count). The maximum absolute atomic E-state index is 12.7. The molecule has 0 aliphatic carbocycles. The number of para-hydroxylation sites is 1. The maximum Gasteiger partial charge on any atom is 0.255 e. The van der Waals surface area contributed by atoms with Crippen LogP contribution in [0.15, 0.2) is 48.5 Å². The van der Waals surface area contributed by atoms with E-state index >= 15 is 0 Å². The Morgan fingerprint density at radius 3 is 2.62 bits per heavy atom. The number of ether oxygens (including phenoxy) is 3. The summed E-state index contributed by atoms with van der Waals surface area (Å²) in [6.45, 7) is 5.52. The van der Waals surface area contributed by atoms with E-state index in [1.807, 2.05) is 30.3 Å². The van der Waals surface area contributed by atoms with Crippen molar-refractivity contribution in [1.82, 2.24) is 4.90 Å². The van der Waals surface area contributed by atoms with Crippen molar-refractivity contribution in [3.63, 3.8) is 0 Å². The highest BCUT2D eigenvalue weighted by atomic mass is 16.5. The summed E-state index contributed by atoms with van der Waals surface area (Å²) in [5.74, 6) is 0.634. The van der Waals surface area contributed by atoms with Crippen LogP contribution in [-0.4, -0.2) is 56.4 Å². The largest absolute Gasteiger partial charge is 0.491 e. The van der Waals surface area contributed by atoms with Gasteiger partial charge in [0.15, 0.2) is 0 Å². The molecular weight excluding hydrogens is 368 g/mol. The molecule has 1 N–H and O–H groups in total. The van der Waals surface area contributed by atoms with Gasteiger partial charge in [-0.05, 0) is 48.7 Å². The molecule has 2 saturated heterocycles. The topological polar surface area (TPSA) is 60.0 Å². The van der Waals surface area contributed by atoms with Crippen molar-refractivity contribution >= 4 is 11.6 Å². The number of nitrogens with one attached hydrogen (secondary N) is 1. The molecule has 0 spiro atoms. The standard InChI is InChI=1S/C23H28N2O4/c26-23(18-7-9-20(10-8-18)29-17-21-5-3-13-28-21)24-22-6-2-1-4-19(22)16-25-11-14-27-15-12-25/h1-2,4,6-10,21H,3,5,11-17H2,(H,24,26)/t21-/m0/s1. The number of rotatable bonds is 7. The molecule has 2 aliphatic rings. The van der Waals surface area contributed by atoms with Crippen LogP contribution >= 0.6 is 0 Å². The molecule has 6 nitrogen and oxygen atoms in total. The van der Waals surface area contributed by atoms with Gasteiger partial charge >= 0.3 is 0 Å². The number of benzene rings is 2. The average Bonchev–Trinajstić information content (AvgIpc) is 3.28. The van der Waals surface area contributed by atoms with Crippen molar-refractivity contribution in [3.8, 4) is 5.75 Å². The molecular formula is C23H28N2O4. The van der Waals surface area contributed by atoms with Crippen LogP contribution in [0.2, 0.25) is 0 Å². The van der Waals surface area contributed by atoms with Gasteiger partial charge in [-0.25, -0.2) is 0 Å². The van der Waals surface area contributed by atoms with Crippen LogP contribution in [0.3, 0.4) is 0 Å². The first-order valence-corrected chi connectivity index (χ1v) is 10.3. The highest BCUT2D eigenvalue weighted by Gasteiger charge is 2.17. The maximum atomic E-state index is 12.7. The summed E-state index contributed by atoms with van der Waals surface area (Å²) >= 11 is 0. The lowest BCUT2D eigenvalue weighted by atomic mass is 10.1. The second-order valence-electron chi connectivity index (χ2n) is 7.47. The first-order chi connectivity index (χ1) is 14.3. The van der Waals surface area contributed by atoms with Crippen molar-refractivity contribution in [3.05, 3.63) is 59.7 Å². The third kappa shape index (κ3) is 5.56. The van der Waals surface area contributed by atoms with E-state index in [4.69, 9.17) is 14.2 Å². The summed E-state index contributed by atoms with van der Waals surface area (Å²) in [5.41, 5.74) is 2.57. The van der Waals surface area contributed by atoms with E-state index < -0.39 is 0 Å². The summed E-state index contributed by atoms with van der Waals surface area (Å²) in [7, 11) is 0. The van der Waals surface area contributed by atoms with Gasteiger partial charge in [-0.3, -0.25) is 9.69 Å². The van der Waals surface area contributed by atoms with Gasteiger partial charge in [-0.2, -0.15) is 0 Å². The predicted molar refractivity (Wildman–Crippen MR) is 111 cm³/mol. The van der Waals surface area contributed by atoms with Crippen LogP contribution in [0, 0.1) is 0 Å². The van der Waals surface area contributed by atoms with Gasteiger partial charge in [0, 0.05) is 37.5 Å². The summed E-state index contributed by atoms with van der Waals surface area (Å²) in [6, 6.07) is 15.2. The normalized spacial score (nSPS) is 19.8. The van der Waals surface area contributed by atoms with Crippen LogP contribution in [0.25, 0.3) is 0 Å². The minimum atomic E-state index is -0.120. The summed E-state index contributed by atoms with van der Waals surface area (Å²) in [5, 5.41) is 3.05. The predicted octanol–water partition coefficient (Wildman–Crippen LogP) is 3.33. The third-order valence-electron chi connectivity index (χ3n) is 5.34. The van der Waals surface area contributed by atoms with Gasteiger partial charge in [0.1, 0.15) is 12.4 Å². The first kappa shape index (κ1) is 19.9. The Hall–Kier alpha value is -2.41. The second kappa shape index (κ2) is 9.87.